The molecule has 1 unspecified atom stereocenters. The molecule has 5 aliphatic rings. The van der Waals surface area contributed by atoms with Crippen LogP contribution in [0.2, 0.25) is 0 Å². The van der Waals surface area contributed by atoms with Crippen LogP contribution in [0, 0.1) is 39.4 Å². The van der Waals surface area contributed by atoms with Crippen molar-refractivity contribution in [2.75, 3.05) is 13.1 Å². The molecular formula is C38H60N6O7. The number of Topliss-reactive ketones (excluding diaryl/α,β-unsaturated/α-hetero) is 1. The van der Waals surface area contributed by atoms with Gasteiger partial charge in [-0.3, -0.25) is 33.7 Å². The predicted octanol–water partition coefficient (Wildman–Crippen LogP) is 3.04. The highest BCUT2D eigenvalue weighted by Crippen LogP contribution is 2.65. The maximum Gasteiger partial charge on any atom is 0.315 e. The summed E-state index contributed by atoms with van der Waals surface area (Å²) in [6.45, 7) is 17.9. The highest BCUT2D eigenvalue weighted by atomic mass is 16.2. The lowest BCUT2D eigenvalue weighted by Gasteiger charge is -2.44. The molecule has 3 saturated carbocycles. The Hall–Kier alpha value is -3.51. The summed E-state index contributed by atoms with van der Waals surface area (Å²) in [6.07, 6.45) is 5.58. The van der Waals surface area contributed by atoms with Crippen LogP contribution in [0.3, 0.4) is 0 Å². The second-order valence-electron chi connectivity index (χ2n) is 19.0. The zero-order valence-electron chi connectivity index (χ0n) is 32.1. The molecule has 5 N–H and O–H groups in total. The van der Waals surface area contributed by atoms with Gasteiger partial charge in [0.15, 0.2) is 0 Å². The van der Waals surface area contributed by atoms with Gasteiger partial charge in [-0.15, -0.1) is 0 Å². The molecule has 2 saturated heterocycles. The molecule has 5 fully saturated rings. The first-order valence-electron chi connectivity index (χ1n) is 18.9. The summed E-state index contributed by atoms with van der Waals surface area (Å²) in [5, 5.41) is 8.92. The molecule has 13 nitrogen and oxygen atoms in total. The Labute approximate surface area is 302 Å². The van der Waals surface area contributed by atoms with Crippen LogP contribution < -0.4 is 21.7 Å². The first-order chi connectivity index (χ1) is 23.5. The van der Waals surface area contributed by atoms with Crippen molar-refractivity contribution in [3.8, 4) is 0 Å². The number of primary amides is 1. The molecule has 0 spiro atoms. The van der Waals surface area contributed by atoms with Gasteiger partial charge in [0, 0.05) is 25.9 Å². The fourth-order valence-corrected chi connectivity index (χ4v) is 9.45. The van der Waals surface area contributed by atoms with Gasteiger partial charge in [-0.1, -0.05) is 88.0 Å². The second kappa shape index (κ2) is 13.2. The molecule has 0 aromatic rings. The largest absolute Gasteiger partial charge is 0.363 e. The Morgan fingerprint density at radius 1 is 0.922 bits per heavy atom. The number of carbonyl (C=O) groups is 7. The van der Waals surface area contributed by atoms with Gasteiger partial charge in [0.2, 0.25) is 29.4 Å². The number of nitrogens with zero attached hydrogens (tertiary/aromatic N) is 2. The van der Waals surface area contributed by atoms with Crippen molar-refractivity contribution in [3.05, 3.63) is 0 Å². The van der Waals surface area contributed by atoms with Gasteiger partial charge in [0.25, 0.3) is 5.91 Å². The smallest absolute Gasteiger partial charge is 0.315 e. The highest BCUT2D eigenvalue weighted by Gasteiger charge is 2.71. The fourth-order valence-electron chi connectivity index (χ4n) is 9.45. The number of urea groups is 1. The van der Waals surface area contributed by atoms with Crippen LogP contribution >= 0.6 is 0 Å². The molecule has 5 rings (SSSR count). The molecule has 2 heterocycles. The van der Waals surface area contributed by atoms with Gasteiger partial charge in [-0.25, -0.2) is 4.79 Å². The molecule has 0 aromatic carbocycles. The first-order valence-corrected chi connectivity index (χ1v) is 18.9. The molecule has 3 aliphatic carbocycles. The number of imide groups is 1. The number of carbonyl (C=O) groups excluding carboxylic acids is 7. The van der Waals surface area contributed by atoms with E-state index in [2.05, 4.69) is 29.8 Å². The topological polar surface area (TPSA) is 188 Å². The van der Waals surface area contributed by atoms with Crippen molar-refractivity contribution in [1.29, 1.82) is 0 Å². The Morgan fingerprint density at radius 2 is 1.51 bits per heavy atom. The minimum atomic E-state index is -1.36. The molecule has 284 valence electrons. The number of likely N-dealkylation sites (tertiary alicyclic amines) is 2. The number of amides is 7. The number of hydrogen-bond donors (Lipinski definition) is 4. The maximum absolute atomic E-state index is 14.8. The van der Waals surface area contributed by atoms with Crippen molar-refractivity contribution < 1.29 is 33.6 Å². The quantitative estimate of drug-likeness (QED) is 0.187. The fraction of sp³-hybridized carbons (Fsp3) is 0.816. The zero-order chi connectivity index (χ0) is 38.1. The molecule has 0 radical (unpaired) electrons. The molecule has 0 bridgehead atoms. The number of rotatable bonds is 11. The van der Waals surface area contributed by atoms with Gasteiger partial charge in [0.05, 0.1) is 6.04 Å². The minimum absolute atomic E-state index is 0.0118. The summed E-state index contributed by atoms with van der Waals surface area (Å²) in [5.74, 6) is -3.59. The van der Waals surface area contributed by atoms with Gasteiger partial charge in [0.1, 0.15) is 17.6 Å². The Bertz CT molecular complexity index is 1470. The molecule has 7 atom stereocenters. The van der Waals surface area contributed by atoms with Crippen LogP contribution in [0.1, 0.15) is 120 Å². The Kier molecular flexibility index (Phi) is 9.99. The SMILES string of the molecule is CCC1C[C@@]1(NC(=O)[C@@H]1[C@@H]2[C@H](CN1C(=O)[C@@H](NC(=O)N[C@H](CN1C(=O)CC(C)(C)CC1=O)C(C)(C)C)C1(C)CCCCC1)C2(C)C)C(=O)C(N)=O. The molecule has 7 amide bonds. The van der Waals surface area contributed by atoms with E-state index in [0.717, 1.165) is 19.3 Å². The summed E-state index contributed by atoms with van der Waals surface area (Å²) in [7, 11) is 0. The molecule has 0 aromatic heterocycles. The highest BCUT2D eigenvalue weighted by molar-refractivity contribution is 6.40. The van der Waals surface area contributed by atoms with Crippen LogP contribution in [0.5, 0.6) is 0 Å². The number of hydrogen-bond acceptors (Lipinski definition) is 7. The lowest BCUT2D eigenvalue weighted by atomic mass is 9.70. The van der Waals surface area contributed by atoms with Crippen LogP contribution in [0.25, 0.3) is 0 Å². The number of nitrogens with one attached hydrogen (secondary N) is 3. The van der Waals surface area contributed by atoms with E-state index < -0.39 is 63.5 Å². The van der Waals surface area contributed by atoms with Crippen LogP contribution in [0.4, 0.5) is 4.79 Å². The van der Waals surface area contributed by atoms with Gasteiger partial charge in [-0.05, 0) is 58.7 Å². The van der Waals surface area contributed by atoms with E-state index in [-0.39, 0.29) is 60.3 Å². The normalized spacial score (nSPS) is 31.5. The number of fused-ring (bicyclic) bond motifs is 1. The average Bonchev–Trinajstić information content (AvgIpc) is 3.77. The van der Waals surface area contributed by atoms with E-state index in [1.807, 2.05) is 48.5 Å². The summed E-state index contributed by atoms with van der Waals surface area (Å²) in [6, 6.07) is -3.03. The van der Waals surface area contributed by atoms with E-state index in [9.17, 15) is 33.6 Å². The minimum Gasteiger partial charge on any atom is -0.363 e. The van der Waals surface area contributed by atoms with Crippen molar-refractivity contribution >= 4 is 41.4 Å². The van der Waals surface area contributed by atoms with Crippen molar-refractivity contribution in [2.24, 2.45) is 45.1 Å². The number of piperidine rings is 2. The predicted molar refractivity (Wildman–Crippen MR) is 189 cm³/mol. The van der Waals surface area contributed by atoms with E-state index in [4.69, 9.17) is 5.73 Å². The molecule has 13 heteroatoms. The van der Waals surface area contributed by atoms with Crippen LogP contribution in [-0.2, 0) is 28.8 Å². The third kappa shape index (κ3) is 7.27. The van der Waals surface area contributed by atoms with E-state index >= 15 is 0 Å². The van der Waals surface area contributed by atoms with Gasteiger partial charge in [-0.2, -0.15) is 0 Å². The molecule has 51 heavy (non-hydrogen) atoms. The second-order valence-corrected chi connectivity index (χ2v) is 19.0. The van der Waals surface area contributed by atoms with E-state index in [1.54, 1.807) is 4.90 Å². The summed E-state index contributed by atoms with van der Waals surface area (Å²) >= 11 is 0. The standard InChI is InChI=1S/C38H60N6O7/c1-10-21-16-38(21,29(47)30(39)48)42-31(49)27-26-22(36(26,7)8)19-44(27)32(50)28(37(9)14-12-11-13-15-37)41-33(51)40-23(34(2,3)4)20-43-24(45)17-35(5,6)18-25(43)46/h21-23,26-28H,10-20H2,1-9H3,(H2,39,48)(H,42,49)(H2,40,41,51)/t21?,22-,23+,26-,27-,28+,38-/m0/s1. The average molecular weight is 713 g/mol. The lowest BCUT2D eigenvalue weighted by molar-refractivity contribution is -0.153. The Morgan fingerprint density at radius 3 is 2.02 bits per heavy atom. The van der Waals surface area contributed by atoms with Gasteiger partial charge < -0.3 is 26.6 Å². The van der Waals surface area contributed by atoms with E-state index in [1.165, 1.54) is 4.90 Å². The van der Waals surface area contributed by atoms with Gasteiger partial charge >= 0.3 is 6.03 Å². The van der Waals surface area contributed by atoms with Crippen molar-refractivity contribution in [1.82, 2.24) is 25.8 Å². The third-order valence-corrected chi connectivity index (χ3v) is 13.1. The van der Waals surface area contributed by atoms with Crippen molar-refractivity contribution in [3.63, 3.8) is 0 Å². The zero-order valence-corrected chi connectivity index (χ0v) is 32.1. The van der Waals surface area contributed by atoms with Crippen LogP contribution in [-0.4, -0.2) is 87.9 Å². The summed E-state index contributed by atoms with van der Waals surface area (Å²) in [5.41, 5.74) is 2.27. The molecule has 2 aliphatic heterocycles. The number of nitrogens with two attached hydrogens (primary N) is 1. The summed E-state index contributed by atoms with van der Waals surface area (Å²) < 4.78 is 0. The third-order valence-electron chi connectivity index (χ3n) is 13.1. The number of ketones is 1. The Balaban J connectivity index is 1.39. The summed E-state index contributed by atoms with van der Waals surface area (Å²) in [4.78, 5) is 96.8. The first kappa shape index (κ1) is 38.7. The maximum atomic E-state index is 14.8. The monoisotopic (exact) mass is 712 g/mol. The van der Waals surface area contributed by atoms with Crippen molar-refractivity contribution in [2.45, 2.75) is 144 Å². The van der Waals surface area contributed by atoms with Crippen LogP contribution in [0.15, 0.2) is 0 Å². The lowest BCUT2D eigenvalue weighted by Crippen LogP contribution is -2.64. The van der Waals surface area contributed by atoms with E-state index in [0.29, 0.717) is 32.2 Å². The molecular weight excluding hydrogens is 652 g/mol.